The number of phenolic OH excluding ortho intramolecular Hbond substituents is 2. The molecule has 0 saturated carbocycles. The summed E-state index contributed by atoms with van der Waals surface area (Å²) in [5, 5.41) is 72.1. The Bertz CT molecular complexity index is 3350. The monoisotopic (exact) mass is 1240 g/mol. The molecule has 2 saturated heterocycles. The van der Waals surface area contributed by atoms with Crippen molar-refractivity contribution in [3.05, 3.63) is 136 Å². The van der Waals surface area contributed by atoms with Gasteiger partial charge >= 0.3 is 36.2 Å². The zero-order chi connectivity index (χ0) is 65.0. The van der Waals surface area contributed by atoms with E-state index in [4.69, 9.17) is 68.0 Å². The van der Waals surface area contributed by atoms with Gasteiger partial charge in [0.2, 0.25) is 18.2 Å². The van der Waals surface area contributed by atoms with E-state index in [1.807, 2.05) is 0 Å². The quantitative estimate of drug-likeness (QED) is 0.0108. The third-order valence-corrected chi connectivity index (χ3v) is 14.1. The second kappa shape index (κ2) is 29.2. The molecule has 1 amide bonds. The number of terminal acetylenes is 1. The highest BCUT2D eigenvalue weighted by molar-refractivity contribution is 6.31. The second-order valence-corrected chi connectivity index (χ2v) is 19.8. The first-order valence-corrected chi connectivity index (χ1v) is 26.8. The zero-order valence-electron chi connectivity index (χ0n) is 47.5. The summed E-state index contributed by atoms with van der Waals surface area (Å²) in [7, 11) is 1.24. The number of nitro benzene ring substituents is 1. The Morgan fingerprint density at radius 2 is 1.45 bits per heavy atom. The molecule has 2 fully saturated rings. The average Bonchev–Trinajstić information content (AvgIpc) is 0.718. The highest BCUT2D eigenvalue weighted by Crippen LogP contribution is 2.53. The summed E-state index contributed by atoms with van der Waals surface area (Å²) in [6.45, 7) is 12.1. The summed E-state index contributed by atoms with van der Waals surface area (Å²) in [4.78, 5) is 120. The molecule has 2 heterocycles. The number of fused-ring (bicyclic) bond motifs is 3. The van der Waals surface area contributed by atoms with Gasteiger partial charge in [-0.15, -0.1) is 12.3 Å². The summed E-state index contributed by atoms with van der Waals surface area (Å²) in [6, 6.07) is 5.69. The maximum absolute atomic E-state index is 14.2. The Kier molecular flexibility index (Phi) is 21.9. The van der Waals surface area contributed by atoms with Crippen LogP contribution in [0.2, 0.25) is 0 Å². The van der Waals surface area contributed by atoms with Crippen molar-refractivity contribution < 1.29 is 130 Å². The topological polar surface area (TPSA) is 413 Å². The smallest absolute Gasteiger partial charge is 0.507 e. The number of phenols is 2. The maximum Gasteiger partial charge on any atom is 0.509 e. The van der Waals surface area contributed by atoms with Crippen molar-refractivity contribution in [1.82, 2.24) is 5.32 Å². The molecule has 30 heteroatoms. The zero-order valence-corrected chi connectivity index (χ0v) is 47.5. The van der Waals surface area contributed by atoms with Gasteiger partial charge in [-0.2, -0.15) is 0 Å². The van der Waals surface area contributed by atoms with Crippen LogP contribution in [0.1, 0.15) is 86.9 Å². The predicted octanol–water partition coefficient (Wildman–Crippen LogP) is 4.40. The first-order chi connectivity index (χ1) is 42.5. The van der Waals surface area contributed by atoms with Crippen molar-refractivity contribution in [3.8, 4) is 35.3 Å². The molecule has 4 aliphatic rings. The molecule has 2 aliphatic carbocycles. The number of Topliss-reactive ketones (excluding diaryl/α,β-unsaturated/α-hetero) is 1. The molecule has 0 aromatic heterocycles. The summed E-state index contributed by atoms with van der Waals surface area (Å²) < 4.78 is 71.3. The normalized spacial score (nSPS) is 24.3. The molecular weight excluding hydrogens is 1180 g/mol. The number of hydrogen-bond acceptors (Lipinski definition) is 28. The predicted molar refractivity (Wildman–Crippen MR) is 296 cm³/mol. The van der Waals surface area contributed by atoms with Crippen LogP contribution in [0.25, 0.3) is 0 Å². The average molecular weight is 1250 g/mol. The number of aromatic hydroxyl groups is 2. The number of nitro groups is 1. The van der Waals surface area contributed by atoms with Crippen LogP contribution in [0, 0.1) is 22.5 Å². The Balaban J connectivity index is 1.17. The van der Waals surface area contributed by atoms with Crippen LogP contribution in [0.15, 0.2) is 87.0 Å². The molecule has 0 spiro atoms. The van der Waals surface area contributed by atoms with Crippen molar-refractivity contribution in [1.29, 1.82) is 0 Å². The maximum atomic E-state index is 14.2. The molecule has 3 aromatic carbocycles. The number of esters is 1. The number of nitrogens with one attached hydrogen (secondary N) is 1. The highest BCUT2D eigenvalue weighted by Gasteiger charge is 2.58. The van der Waals surface area contributed by atoms with Gasteiger partial charge in [0, 0.05) is 47.6 Å². The lowest BCUT2D eigenvalue weighted by atomic mass is 9.72. The van der Waals surface area contributed by atoms with Crippen LogP contribution in [0.4, 0.5) is 24.9 Å². The van der Waals surface area contributed by atoms with Crippen molar-refractivity contribution in [3.63, 3.8) is 0 Å². The van der Waals surface area contributed by atoms with Crippen molar-refractivity contribution in [2.45, 2.75) is 106 Å². The number of amides is 1. The fourth-order valence-corrected chi connectivity index (χ4v) is 10.1. The molecule has 30 nitrogen and oxygen atoms in total. The lowest BCUT2D eigenvalue weighted by molar-refractivity contribution is -0.387. The third kappa shape index (κ3) is 14.6. The number of rotatable bonds is 24. The molecule has 2 aliphatic heterocycles. The van der Waals surface area contributed by atoms with E-state index in [0.717, 1.165) is 42.5 Å². The molecule has 12 atom stereocenters. The molecule has 0 radical (unpaired) electrons. The van der Waals surface area contributed by atoms with E-state index >= 15 is 0 Å². The van der Waals surface area contributed by atoms with Crippen molar-refractivity contribution in [2.24, 2.45) is 0 Å². The van der Waals surface area contributed by atoms with Gasteiger partial charge < -0.3 is 92.4 Å². The fourth-order valence-electron chi connectivity index (χ4n) is 10.1. The number of benzene rings is 3. The van der Waals surface area contributed by atoms with Crippen LogP contribution in [-0.2, 0) is 68.1 Å². The molecule has 6 N–H and O–H groups in total. The molecule has 7 rings (SSSR count). The van der Waals surface area contributed by atoms with Crippen LogP contribution >= 0.6 is 0 Å². The Morgan fingerprint density at radius 3 is 2.04 bits per heavy atom. The van der Waals surface area contributed by atoms with Crippen LogP contribution in [0.5, 0.6) is 23.0 Å². The number of carbonyl (C=O) groups is 8. The van der Waals surface area contributed by atoms with Crippen molar-refractivity contribution >= 4 is 53.6 Å². The van der Waals surface area contributed by atoms with E-state index in [-0.39, 0.29) is 33.6 Å². The minimum absolute atomic E-state index is 0.0322. The third-order valence-electron chi connectivity index (χ3n) is 14.1. The molecule has 474 valence electrons. The Labute approximate surface area is 505 Å². The molecule has 89 heavy (non-hydrogen) atoms. The van der Waals surface area contributed by atoms with Gasteiger partial charge in [0.1, 0.15) is 68.1 Å². The summed E-state index contributed by atoms with van der Waals surface area (Å²) >= 11 is 0. The minimum atomic E-state index is -2.52. The van der Waals surface area contributed by atoms with Gasteiger partial charge in [0.05, 0.1) is 53.4 Å². The van der Waals surface area contributed by atoms with Gasteiger partial charge in [-0.1, -0.05) is 68.8 Å². The number of ether oxygens (including phenoxy) is 13. The number of aliphatic hydroxyl groups is 3. The van der Waals surface area contributed by atoms with E-state index in [1.165, 1.54) is 32.2 Å². The van der Waals surface area contributed by atoms with Gasteiger partial charge in [-0.05, 0) is 19.1 Å². The van der Waals surface area contributed by atoms with E-state index in [9.17, 15) is 74.0 Å². The molecular formula is C59H60N2O28. The van der Waals surface area contributed by atoms with Gasteiger partial charge in [0.25, 0.3) is 0 Å². The van der Waals surface area contributed by atoms with Gasteiger partial charge in [-0.3, -0.25) is 24.5 Å². The number of aliphatic hydroxyl groups excluding tert-OH is 2. The first kappa shape index (κ1) is 66.6. The Hall–Kier alpha value is -9.90. The second-order valence-electron chi connectivity index (χ2n) is 19.8. The minimum Gasteiger partial charge on any atom is -0.507 e. The van der Waals surface area contributed by atoms with Crippen LogP contribution in [-0.4, -0.2) is 179 Å². The van der Waals surface area contributed by atoms with Crippen LogP contribution < -0.4 is 14.8 Å². The number of alkyl carbamates (subject to hydrolysis) is 1. The van der Waals surface area contributed by atoms with Gasteiger partial charge in [0.15, 0.2) is 41.9 Å². The standard InChI is InChI=1S/C59H60N2O28/c1-8-14-34(29-17-18-35(33(23-29)61(75)76)84-54-52(89-58(73)81-22-12-5)50(88-57(72)80-21-11-4)49(87-56(71)79-20-10-3)51(86-54)53(69)78-19-9-2)85-55(70)60-32-24-39(82-28(6)44(32)64)83-37-26-59(74,38(63)27-62)25-31-41(37)48(68)43-42(46(31)66)45(65)30-15-13-16-36(77-7)40(30)47(43)67/h1,9-13,15-18,23,28,32,34,37,39,44,49-52,54,62,64,66,68,74H,2-5,14,19-22,24-27H2,6-7H3,(H,60,70)/t28-,32-,34?,37-,39-,44+,49-,50-,51-,52+,54+,59-/m0/s1. The number of ketones is 3. The number of hydrogen-bond donors (Lipinski definition) is 6. The SMILES string of the molecule is C#CCC(OC(=O)N[C@H]1C[C@H](O[C@H]2C[C@](O)(C(=O)CO)Cc3c(O)c4c(c(O)c32)C(=O)c2c(OC)cccc2C4=O)O[C@@H](C)[C@H]1O)c1ccc(O[C@@H]2O[C@H](C(=O)OCC=C)[C@@H](OC(=O)OCC=C)[C@H](OC(=O)OCC=C)[C@H]2OC(=O)OCC=C)c([N+](=O)[O-])c1. The van der Waals surface area contributed by atoms with E-state index in [1.54, 1.807) is 0 Å². The summed E-state index contributed by atoms with van der Waals surface area (Å²) in [6.07, 6.45) is -16.5. The number of nitrogens with zero attached hydrogens (tertiary/aromatic N) is 1. The number of carbonyl (C=O) groups excluding carboxylic acids is 8. The lowest BCUT2D eigenvalue weighted by Gasteiger charge is -2.42. The summed E-state index contributed by atoms with van der Waals surface area (Å²) in [5.74, 6) is -4.54. The van der Waals surface area contributed by atoms with E-state index < -0.39 is 219 Å². The highest BCUT2D eigenvalue weighted by atomic mass is 16.8. The first-order valence-electron chi connectivity index (χ1n) is 26.8. The van der Waals surface area contributed by atoms with E-state index in [0.29, 0.717) is 0 Å². The molecule has 3 aromatic rings. The molecule has 0 bridgehead atoms. The fraction of sp³-hybridized carbons (Fsp3) is 0.390. The lowest BCUT2D eigenvalue weighted by Crippen LogP contribution is -2.64. The number of methoxy groups -OCH3 is 1. The van der Waals surface area contributed by atoms with Crippen molar-refractivity contribution in [2.75, 3.05) is 40.1 Å². The van der Waals surface area contributed by atoms with Gasteiger partial charge in [-0.25, -0.2) is 24.0 Å². The van der Waals surface area contributed by atoms with Crippen LogP contribution in [0.3, 0.4) is 0 Å². The Morgan fingerprint density at radius 1 is 0.843 bits per heavy atom. The largest absolute Gasteiger partial charge is 0.509 e. The molecule has 1 unspecified atom stereocenters. The summed E-state index contributed by atoms with van der Waals surface area (Å²) in [5.41, 5.74) is -6.05. The van der Waals surface area contributed by atoms with E-state index in [2.05, 4.69) is 37.6 Å².